The van der Waals surface area contributed by atoms with Gasteiger partial charge < -0.3 is 10.4 Å². The molecule has 0 aliphatic heterocycles. The second kappa shape index (κ2) is 6.31. The Morgan fingerprint density at radius 3 is 2.81 bits per heavy atom. The largest absolute Gasteiger partial charge is 0.479 e. The molecule has 0 fully saturated rings. The topological polar surface area (TPSA) is 97.1 Å². The Labute approximate surface area is 124 Å². The standard InChI is InChI=1S/C13H14N4O3S/c1-8-15-10(7-21-8)3-4-11(18)16-12(13(19)20)9-5-14-17(2)6-9/h3-7,12H,1-2H3,(H,16,18)(H,19,20)/b4-3+. The Morgan fingerprint density at radius 1 is 1.52 bits per heavy atom. The second-order valence-electron chi connectivity index (χ2n) is 4.35. The number of thiazole rings is 1. The number of aromatic nitrogens is 3. The molecule has 110 valence electrons. The first kappa shape index (κ1) is 14.9. The summed E-state index contributed by atoms with van der Waals surface area (Å²) in [5, 5.41) is 18.2. The first-order valence-electron chi connectivity index (χ1n) is 6.08. The summed E-state index contributed by atoms with van der Waals surface area (Å²) in [4.78, 5) is 27.2. The number of nitrogens with one attached hydrogen (secondary N) is 1. The smallest absolute Gasteiger partial charge is 0.331 e. The van der Waals surface area contributed by atoms with E-state index < -0.39 is 17.9 Å². The molecule has 0 bridgehead atoms. The van der Waals surface area contributed by atoms with Crippen LogP contribution in [0.2, 0.25) is 0 Å². The van der Waals surface area contributed by atoms with Crippen LogP contribution in [0.15, 0.2) is 23.8 Å². The number of carbonyl (C=O) groups is 2. The Balaban J connectivity index is 2.05. The predicted octanol–water partition coefficient (Wildman–Crippen LogP) is 1.14. The first-order valence-corrected chi connectivity index (χ1v) is 6.95. The molecule has 2 N–H and O–H groups in total. The molecular weight excluding hydrogens is 292 g/mol. The normalized spacial score (nSPS) is 12.5. The lowest BCUT2D eigenvalue weighted by Gasteiger charge is -2.10. The molecule has 2 aromatic heterocycles. The van der Waals surface area contributed by atoms with E-state index in [0.29, 0.717) is 11.3 Å². The summed E-state index contributed by atoms with van der Waals surface area (Å²) < 4.78 is 1.48. The van der Waals surface area contributed by atoms with Crippen LogP contribution in [-0.4, -0.2) is 31.7 Å². The third-order valence-corrected chi connectivity index (χ3v) is 3.43. The Morgan fingerprint density at radius 2 is 2.29 bits per heavy atom. The zero-order valence-electron chi connectivity index (χ0n) is 11.5. The van der Waals surface area contributed by atoms with Crippen molar-refractivity contribution in [2.75, 3.05) is 0 Å². The van der Waals surface area contributed by atoms with E-state index in [0.717, 1.165) is 5.01 Å². The van der Waals surface area contributed by atoms with Gasteiger partial charge in [0.1, 0.15) is 0 Å². The van der Waals surface area contributed by atoms with Gasteiger partial charge in [-0.15, -0.1) is 11.3 Å². The van der Waals surface area contributed by atoms with Crippen LogP contribution in [0.25, 0.3) is 6.08 Å². The average Bonchev–Trinajstić information content (AvgIpc) is 3.02. The van der Waals surface area contributed by atoms with Crippen molar-refractivity contribution in [1.29, 1.82) is 0 Å². The van der Waals surface area contributed by atoms with Crippen LogP contribution in [0.1, 0.15) is 22.3 Å². The van der Waals surface area contributed by atoms with Gasteiger partial charge in [0, 0.05) is 30.3 Å². The summed E-state index contributed by atoms with van der Waals surface area (Å²) in [7, 11) is 1.68. The molecule has 0 aliphatic rings. The zero-order valence-corrected chi connectivity index (χ0v) is 12.3. The summed E-state index contributed by atoms with van der Waals surface area (Å²) in [6, 6.07) is -1.13. The summed E-state index contributed by atoms with van der Waals surface area (Å²) in [6.45, 7) is 1.87. The van der Waals surface area contributed by atoms with Crippen LogP contribution >= 0.6 is 11.3 Å². The van der Waals surface area contributed by atoms with Crippen molar-refractivity contribution in [3.8, 4) is 0 Å². The molecule has 2 aromatic rings. The van der Waals surface area contributed by atoms with Crippen molar-refractivity contribution in [3.05, 3.63) is 40.1 Å². The van der Waals surface area contributed by atoms with Crippen LogP contribution in [0, 0.1) is 6.92 Å². The van der Waals surface area contributed by atoms with Crippen LogP contribution in [0.5, 0.6) is 0 Å². The Kier molecular flexibility index (Phi) is 4.49. The molecule has 2 heterocycles. The van der Waals surface area contributed by atoms with Crippen molar-refractivity contribution in [2.24, 2.45) is 7.05 Å². The number of aryl methyl sites for hydroxylation is 2. The highest BCUT2D eigenvalue weighted by Crippen LogP contribution is 2.12. The monoisotopic (exact) mass is 306 g/mol. The van der Waals surface area contributed by atoms with Crippen molar-refractivity contribution in [3.63, 3.8) is 0 Å². The van der Waals surface area contributed by atoms with Gasteiger partial charge in [-0.25, -0.2) is 9.78 Å². The molecule has 8 heteroatoms. The van der Waals surface area contributed by atoms with E-state index in [-0.39, 0.29) is 0 Å². The maximum Gasteiger partial charge on any atom is 0.331 e. The van der Waals surface area contributed by atoms with Crippen LogP contribution in [-0.2, 0) is 16.6 Å². The van der Waals surface area contributed by atoms with E-state index in [1.54, 1.807) is 19.3 Å². The summed E-state index contributed by atoms with van der Waals surface area (Å²) >= 11 is 1.48. The lowest BCUT2D eigenvalue weighted by Crippen LogP contribution is -2.32. The molecule has 1 unspecified atom stereocenters. The quantitative estimate of drug-likeness (QED) is 0.807. The van der Waals surface area contributed by atoms with Crippen molar-refractivity contribution in [1.82, 2.24) is 20.1 Å². The molecule has 0 saturated heterocycles. The minimum Gasteiger partial charge on any atom is -0.479 e. The van der Waals surface area contributed by atoms with Gasteiger partial charge in [0.15, 0.2) is 6.04 Å². The SMILES string of the molecule is Cc1nc(/C=C/C(=O)NC(C(=O)O)c2cnn(C)c2)cs1. The van der Waals surface area contributed by atoms with E-state index in [1.165, 1.54) is 28.3 Å². The number of aliphatic carboxylic acids is 1. The molecule has 0 aromatic carbocycles. The molecule has 2 rings (SSSR count). The third kappa shape index (κ3) is 3.99. The van der Waals surface area contributed by atoms with Crippen LogP contribution in [0.4, 0.5) is 0 Å². The fraction of sp³-hybridized carbons (Fsp3) is 0.231. The number of carboxylic acids is 1. The van der Waals surface area contributed by atoms with E-state index in [9.17, 15) is 14.7 Å². The minimum absolute atomic E-state index is 0.413. The number of amides is 1. The second-order valence-corrected chi connectivity index (χ2v) is 5.41. The molecule has 7 nitrogen and oxygen atoms in total. The number of hydrogen-bond acceptors (Lipinski definition) is 5. The lowest BCUT2D eigenvalue weighted by molar-refractivity contribution is -0.141. The van der Waals surface area contributed by atoms with Crippen molar-refractivity contribution in [2.45, 2.75) is 13.0 Å². The average molecular weight is 306 g/mol. The molecule has 0 aliphatic carbocycles. The maximum atomic E-state index is 11.8. The van der Waals surface area contributed by atoms with Crippen LogP contribution in [0.3, 0.4) is 0 Å². The molecule has 0 radical (unpaired) electrons. The highest BCUT2D eigenvalue weighted by atomic mass is 32.1. The van der Waals surface area contributed by atoms with Gasteiger partial charge in [-0.3, -0.25) is 9.48 Å². The van der Waals surface area contributed by atoms with E-state index in [1.807, 2.05) is 12.3 Å². The molecule has 0 spiro atoms. The summed E-state index contributed by atoms with van der Waals surface area (Å²) in [5.74, 6) is -1.65. The Hall–Kier alpha value is -2.48. The third-order valence-electron chi connectivity index (χ3n) is 2.63. The van der Waals surface area contributed by atoms with Crippen molar-refractivity contribution < 1.29 is 14.7 Å². The van der Waals surface area contributed by atoms with E-state index in [4.69, 9.17) is 0 Å². The number of nitrogens with zero attached hydrogens (tertiary/aromatic N) is 3. The van der Waals surface area contributed by atoms with Gasteiger partial charge in [-0.05, 0) is 13.0 Å². The number of carboxylic acid groups (broad SMARTS) is 1. The lowest BCUT2D eigenvalue weighted by atomic mass is 10.1. The highest BCUT2D eigenvalue weighted by Gasteiger charge is 2.22. The summed E-state index contributed by atoms with van der Waals surface area (Å²) in [5.41, 5.74) is 1.08. The summed E-state index contributed by atoms with van der Waals surface area (Å²) in [6.07, 6.45) is 5.76. The minimum atomic E-state index is -1.14. The first-order chi connectivity index (χ1) is 9.95. The highest BCUT2D eigenvalue weighted by molar-refractivity contribution is 7.09. The number of rotatable bonds is 5. The molecular formula is C13H14N4O3S. The van der Waals surface area contributed by atoms with Gasteiger partial charge in [0.25, 0.3) is 0 Å². The molecule has 0 saturated carbocycles. The maximum absolute atomic E-state index is 11.8. The number of hydrogen-bond donors (Lipinski definition) is 2. The van der Waals surface area contributed by atoms with Gasteiger partial charge in [0.05, 0.1) is 16.9 Å². The van der Waals surface area contributed by atoms with E-state index in [2.05, 4.69) is 15.4 Å². The van der Waals surface area contributed by atoms with Gasteiger partial charge >= 0.3 is 5.97 Å². The van der Waals surface area contributed by atoms with E-state index >= 15 is 0 Å². The fourth-order valence-electron chi connectivity index (χ4n) is 1.69. The molecule has 1 amide bonds. The fourth-order valence-corrected chi connectivity index (χ4v) is 2.27. The Bertz CT molecular complexity index is 689. The zero-order chi connectivity index (χ0) is 15.4. The van der Waals surface area contributed by atoms with Gasteiger partial charge in [-0.2, -0.15) is 5.10 Å². The van der Waals surface area contributed by atoms with Crippen LogP contribution < -0.4 is 5.32 Å². The number of carbonyl (C=O) groups excluding carboxylic acids is 1. The molecule has 21 heavy (non-hydrogen) atoms. The van der Waals surface area contributed by atoms with Gasteiger partial charge in [-0.1, -0.05) is 0 Å². The molecule has 1 atom stereocenters. The predicted molar refractivity (Wildman–Crippen MR) is 77.6 cm³/mol. The van der Waals surface area contributed by atoms with Crippen molar-refractivity contribution >= 4 is 29.3 Å². The van der Waals surface area contributed by atoms with Gasteiger partial charge in [0.2, 0.25) is 5.91 Å².